The SMILES string of the molecule is CC(C)Oc1cnc(N)cc1Br. The predicted molar refractivity (Wildman–Crippen MR) is 52.1 cm³/mol. The lowest BCUT2D eigenvalue weighted by Crippen LogP contribution is -2.06. The van der Waals surface area contributed by atoms with E-state index in [2.05, 4.69) is 20.9 Å². The molecule has 1 heterocycles. The van der Waals surface area contributed by atoms with Crippen molar-refractivity contribution in [2.45, 2.75) is 20.0 Å². The smallest absolute Gasteiger partial charge is 0.152 e. The summed E-state index contributed by atoms with van der Waals surface area (Å²) in [5, 5.41) is 0. The molecule has 0 spiro atoms. The first-order valence-corrected chi connectivity index (χ1v) is 4.46. The molecular formula is C8H11BrN2O. The minimum Gasteiger partial charge on any atom is -0.488 e. The van der Waals surface area contributed by atoms with Gasteiger partial charge in [0.2, 0.25) is 0 Å². The van der Waals surface area contributed by atoms with Crippen molar-refractivity contribution in [2.75, 3.05) is 5.73 Å². The lowest BCUT2D eigenvalue weighted by molar-refractivity contribution is 0.240. The van der Waals surface area contributed by atoms with E-state index >= 15 is 0 Å². The Balaban J connectivity index is 2.86. The van der Waals surface area contributed by atoms with Crippen LogP contribution in [-0.4, -0.2) is 11.1 Å². The zero-order valence-corrected chi connectivity index (χ0v) is 8.63. The standard InChI is InChI=1S/C8H11BrN2O/c1-5(2)12-7-4-11-8(10)3-6(7)9/h3-5H,1-2H3,(H2,10,11). The highest BCUT2D eigenvalue weighted by atomic mass is 79.9. The Morgan fingerprint density at radius 2 is 2.25 bits per heavy atom. The Bertz CT molecular complexity index is 276. The van der Waals surface area contributed by atoms with Crippen LogP contribution in [0.2, 0.25) is 0 Å². The number of anilines is 1. The Hall–Kier alpha value is -0.770. The molecule has 0 aliphatic carbocycles. The Kier molecular flexibility index (Phi) is 2.92. The third-order valence-corrected chi connectivity index (χ3v) is 1.82. The summed E-state index contributed by atoms with van der Waals surface area (Å²) >= 11 is 3.33. The van der Waals surface area contributed by atoms with Crippen LogP contribution in [0.15, 0.2) is 16.7 Å². The van der Waals surface area contributed by atoms with Crippen LogP contribution in [0.25, 0.3) is 0 Å². The van der Waals surface area contributed by atoms with Gasteiger partial charge in [0.25, 0.3) is 0 Å². The predicted octanol–water partition coefficient (Wildman–Crippen LogP) is 2.21. The van der Waals surface area contributed by atoms with Crippen molar-refractivity contribution < 1.29 is 4.74 Å². The molecule has 0 atom stereocenters. The number of halogens is 1. The molecule has 2 N–H and O–H groups in total. The first kappa shape index (κ1) is 9.32. The van der Waals surface area contributed by atoms with Crippen LogP contribution >= 0.6 is 15.9 Å². The molecule has 0 saturated carbocycles. The quantitative estimate of drug-likeness (QED) is 0.848. The maximum Gasteiger partial charge on any atom is 0.152 e. The zero-order chi connectivity index (χ0) is 9.14. The monoisotopic (exact) mass is 230 g/mol. The van der Waals surface area contributed by atoms with E-state index < -0.39 is 0 Å². The molecule has 0 radical (unpaired) electrons. The maximum absolute atomic E-state index is 5.46. The van der Waals surface area contributed by atoms with Gasteiger partial charge in [0.15, 0.2) is 5.75 Å². The number of nitrogens with two attached hydrogens (primary N) is 1. The molecule has 66 valence electrons. The molecule has 0 aliphatic heterocycles. The maximum atomic E-state index is 5.46. The fourth-order valence-electron chi connectivity index (χ4n) is 0.774. The molecule has 1 aromatic heterocycles. The number of pyridine rings is 1. The highest BCUT2D eigenvalue weighted by molar-refractivity contribution is 9.10. The van der Waals surface area contributed by atoms with Gasteiger partial charge >= 0.3 is 0 Å². The van der Waals surface area contributed by atoms with Crippen LogP contribution in [-0.2, 0) is 0 Å². The summed E-state index contributed by atoms with van der Waals surface area (Å²) in [5.41, 5.74) is 5.46. The minimum atomic E-state index is 0.145. The number of hydrogen-bond donors (Lipinski definition) is 1. The molecular weight excluding hydrogens is 220 g/mol. The van der Waals surface area contributed by atoms with Gasteiger partial charge in [-0.1, -0.05) is 0 Å². The van der Waals surface area contributed by atoms with Crippen LogP contribution in [0.3, 0.4) is 0 Å². The van der Waals surface area contributed by atoms with Crippen molar-refractivity contribution in [3.05, 3.63) is 16.7 Å². The van der Waals surface area contributed by atoms with Crippen molar-refractivity contribution >= 4 is 21.7 Å². The zero-order valence-electron chi connectivity index (χ0n) is 7.04. The van der Waals surface area contributed by atoms with Crippen molar-refractivity contribution in [3.8, 4) is 5.75 Å². The number of hydrogen-bond acceptors (Lipinski definition) is 3. The Labute approximate surface area is 80.1 Å². The van der Waals surface area contributed by atoms with Crippen LogP contribution in [0.1, 0.15) is 13.8 Å². The van der Waals surface area contributed by atoms with E-state index in [-0.39, 0.29) is 6.10 Å². The first-order chi connectivity index (χ1) is 5.59. The van der Waals surface area contributed by atoms with Gasteiger partial charge in [0, 0.05) is 0 Å². The summed E-state index contributed by atoms with van der Waals surface area (Å²) < 4.78 is 6.27. The van der Waals surface area contributed by atoms with Crippen molar-refractivity contribution in [2.24, 2.45) is 0 Å². The summed E-state index contributed by atoms with van der Waals surface area (Å²) in [6.07, 6.45) is 1.76. The van der Waals surface area contributed by atoms with E-state index in [0.717, 1.165) is 10.2 Å². The van der Waals surface area contributed by atoms with Crippen LogP contribution < -0.4 is 10.5 Å². The van der Waals surface area contributed by atoms with Gasteiger partial charge in [-0.3, -0.25) is 0 Å². The summed E-state index contributed by atoms with van der Waals surface area (Å²) in [7, 11) is 0. The number of aromatic nitrogens is 1. The molecule has 0 amide bonds. The largest absolute Gasteiger partial charge is 0.488 e. The van der Waals surface area contributed by atoms with Gasteiger partial charge in [-0.15, -0.1) is 0 Å². The number of ether oxygens (including phenoxy) is 1. The number of nitrogen functional groups attached to an aromatic ring is 1. The van der Waals surface area contributed by atoms with E-state index in [0.29, 0.717) is 5.82 Å². The van der Waals surface area contributed by atoms with Crippen LogP contribution in [0.5, 0.6) is 5.75 Å². The second-order valence-corrected chi connectivity index (χ2v) is 3.56. The van der Waals surface area contributed by atoms with E-state index in [9.17, 15) is 0 Å². The van der Waals surface area contributed by atoms with Crippen LogP contribution in [0, 0.1) is 0 Å². The van der Waals surface area contributed by atoms with Gasteiger partial charge in [-0.25, -0.2) is 4.98 Å². The molecule has 0 aromatic carbocycles. The van der Waals surface area contributed by atoms with Crippen LogP contribution in [0.4, 0.5) is 5.82 Å². The van der Waals surface area contributed by atoms with Crippen molar-refractivity contribution in [1.82, 2.24) is 4.98 Å². The van der Waals surface area contributed by atoms with E-state index in [1.165, 1.54) is 0 Å². The lowest BCUT2D eigenvalue weighted by Gasteiger charge is -2.10. The Morgan fingerprint density at radius 1 is 1.58 bits per heavy atom. The fourth-order valence-corrected chi connectivity index (χ4v) is 1.20. The normalized spacial score (nSPS) is 10.3. The molecule has 3 nitrogen and oxygen atoms in total. The summed E-state index contributed by atoms with van der Waals surface area (Å²) in [6.45, 7) is 3.92. The van der Waals surface area contributed by atoms with Gasteiger partial charge in [0.1, 0.15) is 5.82 Å². The highest BCUT2D eigenvalue weighted by Gasteiger charge is 2.03. The molecule has 1 aromatic rings. The molecule has 4 heteroatoms. The van der Waals surface area contributed by atoms with E-state index in [1.807, 2.05) is 13.8 Å². The van der Waals surface area contributed by atoms with E-state index in [4.69, 9.17) is 10.5 Å². The molecule has 0 aliphatic rings. The van der Waals surface area contributed by atoms with Gasteiger partial charge < -0.3 is 10.5 Å². The summed E-state index contributed by atoms with van der Waals surface area (Å²) in [4.78, 5) is 3.92. The molecule has 0 saturated heterocycles. The van der Waals surface area contributed by atoms with Gasteiger partial charge in [-0.2, -0.15) is 0 Å². The highest BCUT2D eigenvalue weighted by Crippen LogP contribution is 2.25. The topological polar surface area (TPSA) is 48.1 Å². The third-order valence-electron chi connectivity index (χ3n) is 1.20. The molecule has 0 bridgehead atoms. The lowest BCUT2D eigenvalue weighted by atomic mass is 10.4. The fraction of sp³-hybridized carbons (Fsp3) is 0.375. The average molecular weight is 231 g/mol. The van der Waals surface area contributed by atoms with Gasteiger partial charge in [-0.05, 0) is 35.8 Å². The molecule has 0 fully saturated rings. The first-order valence-electron chi connectivity index (χ1n) is 3.67. The average Bonchev–Trinajstić information content (AvgIpc) is 1.94. The van der Waals surface area contributed by atoms with E-state index in [1.54, 1.807) is 12.3 Å². The van der Waals surface area contributed by atoms with Gasteiger partial charge in [0.05, 0.1) is 16.8 Å². The Morgan fingerprint density at radius 3 is 2.75 bits per heavy atom. The molecule has 1 rings (SSSR count). The van der Waals surface area contributed by atoms with Crippen molar-refractivity contribution in [1.29, 1.82) is 0 Å². The second kappa shape index (κ2) is 3.76. The minimum absolute atomic E-state index is 0.145. The number of rotatable bonds is 2. The molecule has 12 heavy (non-hydrogen) atoms. The van der Waals surface area contributed by atoms with Crippen molar-refractivity contribution in [3.63, 3.8) is 0 Å². The summed E-state index contributed by atoms with van der Waals surface area (Å²) in [5.74, 6) is 1.21. The second-order valence-electron chi connectivity index (χ2n) is 2.71. The molecule has 0 unspecified atom stereocenters. The third kappa shape index (κ3) is 2.37. The summed E-state index contributed by atoms with van der Waals surface area (Å²) in [6, 6.07) is 1.72. The number of nitrogens with zero attached hydrogens (tertiary/aromatic N) is 1.